The molecule has 8 nitrogen and oxygen atoms in total. The van der Waals surface area contributed by atoms with Crippen molar-refractivity contribution in [3.63, 3.8) is 0 Å². The topological polar surface area (TPSA) is 102 Å². The summed E-state index contributed by atoms with van der Waals surface area (Å²) in [5.41, 5.74) is 0.629. The summed E-state index contributed by atoms with van der Waals surface area (Å²) in [6.45, 7) is 3.21. The van der Waals surface area contributed by atoms with Crippen LogP contribution in [0.15, 0.2) is 41.3 Å². The minimum absolute atomic E-state index is 0.0341. The summed E-state index contributed by atoms with van der Waals surface area (Å²) in [6, 6.07) is 7.99. The van der Waals surface area contributed by atoms with Crippen molar-refractivity contribution >= 4 is 27.6 Å². The second-order valence-corrected chi connectivity index (χ2v) is 9.77. The van der Waals surface area contributed by atoms with Gasteiger partial charge in [0.1, 0.15) is 16.5 Å². The van der Waals surface area contributed by atoms with Gasteiger partial charge >= 0.3 is 5.97 Å². The number of benzene rings is 2. The molecule has 0 radical (unpaired) electrons. The normalized spacial score (nSPS) is 16.8. The highest BCUT2D eigenvalue weighted by Gasteiger charge is 2.33. The fraction of sp³-hybridized carbons (Fsp3) is 0.391. The molecule has 0 spiro atoms. The van der Waals surface area contributed by atoms with E-state index in [9.17, 15) is 22.4 Å². The molecule has 1 amide bonds. The Bertz CT molecular complexity index is 1150. The number of rotatable bonds is 7. The van der Waals surface area contributed by atoms with Gasteiger partial charge in [-0.3, -0.25) is 4.79 Å². The average Bonchev–Trinajstić information content (AvgIpc) is 2.79. The first-order valence-electron chi connectivity index (χ1n) is 10.6. The summed E-state index contributed by atoms with van der Waals surface area (Å²) in [5.74, 6) is -1.88. The summed E-state index contributed by atoms with van der Waals surface area (Å²) in [4.78, 5) is 24.5. The molecule has 2 aromatic rings. The maximum Gasteiger partial charge on any atom is 0.338 e. The summed E-state index contributed by atoms with van der Waals surface area (Å²) in [7, 11) is -2.55. The van der Waals surface area contributed by atoms with Gasteiger partial charge in [0, 0.05) is 18.3 Å². The van der Waals surface area contributed by atoms with Crippen LogP contribution in [-0.4, -0.2) is 50.9 Å². The second kappa shape index (κ2) is 10.3. The number of hydrogen-bond acceptors (Lipinski definition) is 6. The zero-order chi connectivity index (χ0) is 24.2. The van der Waals surface area contributed by atoms with Crippen LogP contribution in [-0.2, 0) is 19.6 Å². The van der Waals surface area contributed by atoms with Crippen LogP contribution in [0.3, 0.4) is 0 Å². The van der Waals surface area contributed by atoms with Crippen molar-refractivity contribution in [1.29, 1.82) is 0 Å². The Balaban J connectivity index is 1.73. The van der Waals surface area contributed by atoms with Gasteiger partial charge in [-0.1, -0.05) is 12.5 Å². The number of piperidine rings is 1. The Morgan fingerprint density at radius 3 is 2.61 bits per heavy atom. The van der Waals surface area contributed by atoms with E-state index in [2.05, 4.69) is 5.32 Å². The fourth-order valence-electron chi connectivity index (χ4n) is 3.64. The van der Waals surface area contributed by atoms with Crippen LogP contribution in [0.4, 0.5) is 10.1 Å². The molecule has 10 heteroatoms. The number of carbonyl (C=O) groups is 2. The van der Waals surface area contributed by atoms with Gasteiger partial charge in [0.05, 0.1) is 12.7 Å². The standard InChI is InChI=1S/C23H27FN2O6S/c1-15-7-9-18(13-19(15)24)25-22(27)14-32-23(28)17-8-10-20(31-3)21(12-17)33(29,30)26-11-5-4-6-16(26)2/h7-10,12-13,16H,4-6,11,14H2,1-3H3,(H,25,27)/t16-/m1/s1. The summed E-state index contributed by atoms with van der Waals surface area (Å²) in [5, 5.41) is 2.44. The highest BCUT2D eigenvalue weighted by molar-refractivity contribution is 7.89. The lowest BCUT2D eigenvalue weighted by atomic mass is 10.1. The zero-order valence-corrected chi connectivity index (χ0v) is 19.6. The molecule has 3 rings (SSSR count). The fourth-order valence-corrected chi connectivity index (χ4v) is 5.53. The monoisotopic (exact) mass is 478 g/mol. The maximum atomic E-state index is 13.6. The Morgan fingerprint density at radius 1 is 1.18 bits per heavy atom. The van der Waals surface area contributed by atoms with E-state index < -0.39 is 34.3 Å². The van der Waals surface area contributed by atoms with Crippen LogP contribution in [0, 0.1) is 12.7 Å². The number of anilines is 1. The van der Waals surface area contributed by atoms with Crippen LogP contribution in [0.5, 0.6) is 5.75 Å². The van der Waals surface area contributed by atoms with Crippen molar-refractivity contribution in [3.8, 4) is 5.75 Å². The quantitative estimate of drug-likeness (QED) is 0.611. The molecule has 33 heavy (non-hydrogen) atoms. The Labute approximate surface area is 192 Å². The van der Waals surface area contributed by atoms with Crippen LogP contribution in [0.1, 0.15) is 42.1 Å². The molecule has 0 saturated carbocycles. The van der Waals surface area contributed by atoms with Gasteiger partial charge in [-0.25, -0.2) is 17.6 Å². The number of hydrogen-bond donors (Lipinski definition) is 1. The first-order valence-corrected chi connectivity index (χ1v) is 12.0. The highest BCUT2D eigenvalue weighted by Crippen LogP contribution is 2.31. The summed E-state index contributed by atoms with van der Waals surface area (Å²) < 4.78 is 51.8. The molecule has 1 atom stereocenters. The number of aryl methyl sites for hydroxylation is 1. The van der Waals surface area contributed by atoms with E-state index in [1.54, 1.807) is 6.92 Å². The van der Waals surface area contributed by atoms with Crippen molar-refractivity contribution in [2.24, 2.45) is 0 Å². The molecule has 2 aromatic carbocycles. The molecule has 1 N–H and O–H groups in total. The van der Waals surface area contributed by atoms with E-state index in [0.29, 0.717) is 12.1 Å². The minimum Gasteiger partial charge on any atom is -0.495 e. The molecular weight excluding hydrogens is 451 g/mol. The first-order chi connectivity index (χ1) is 15.6. The van der Waals surface area contributed by atoms with Gasteiger partial charge in [-0.2, -0.15) is 4.31 Å². The van der Waals surface area contributed by atoms with Crippen LogP contribution < -0.4 is 10.1 Å². The van der Waals surface area contributed by atoms with Gasteiger partial charge in [0.2, 0.25) is 10.0 Å². The van der Waals surface area contributed by atoms with Crippen molar-refractivity contribution in [2.75, 3.05) is 25.6 Å². The number of sulfonamides is 1. The number of nitrogens with one attached hydrogen (secondary N) is 1. The number of halogens is 1. The van der Waals surface area contributed by atoms with E-state index in [1.807, 2.05) is 6.92 Å². The van der Waals surface area contributed by atoms with Gasteiger partial charge < -0.3 is 14.8 Å². The van der Waals surface area contributed by atoms with Crippen LogP contribution in [0.2, 0.25) is 0 Å². The van der Waals surface area contributed by atoms with Crippen LogP contribution >= 0.6 is 0 Å². The average molecular weight is 479 g/mol. The highest BCUT2D eigenvalue weighted by atomic mass is 32.2. The molecule has 0 aliphatic carbocycles. The van der Waals surface area contributed by atoms with E-state index in [0.717, 1.165) is 25.3 Å². The van der Waals surface area contributed by atoms with E-state index in [1.165, 1.54) is 41.7 Å². The second-order valence-electron chi connectivity index (χ2n) is 7.91. The molecule has 1 fully saturated rings. The SMILES string of the molecule is COc1ccc(C(=O)OCC(=O)Nc2ccc(C)c(F)c2)cc1S(=O)(=O)N1CCCC[C@H]1C. The third-order valence-corrected chi connectivity index (χ3v) is 7.55. The molecule has 0 aromatic heterocycles. The zero-order valence-electron chi connectivity index (χ0n) is 18.8. The third kappa shape index (κ3) is 5.69. The maximum absolute atomic E-state index is 13.6. The minimum atomic E-state index is -3.90. The Hall–Kier alpha value is -2.98. The lowest BCUT2D eigenvalue weighted by molar-refractivity contribution is -0.119. The Morgan fingerprint density at radius 2 is 1.94 bits per heavy atom. The van der Waals surface area contributed by atoms with Crippen molar-refractivity contribution < 1.29 is 31.9 Å². The van der Waals surface area contributed by atoms with Crippen LogP contribution in [0.25, 0.3) is 0 Å². The molecular formula is C23H27FN2O6S. The lowest BCUT2D eigenvalue weighted by Crippen LogP contribution is -2.42. The van der Waals surface area contributed by atoms with Gasteiger partial charge in [-0.05, 0) is 62.6 Å². The molecule has 1 aliphatic rings. The first kappa shape index (κ1) is 24.7. The van der Waals surface area contributed by atoms with Gasteiger partial charge in [-0.15, -0.1) is 0 Å². The van der Waals surface area contributed by atoms with Crippen molar-refractivity contribution in [1.82, 2.24) is 4.31 Å². The number of methoxy groups -OCH3 is 1. The number of ether oxygens (including phenoxy) is 2. The Kier molecular flexibility index (Phi) is 7.70. The summed E-state index contributed by atoms with van der Waals surface area (Å²) in [6.07, 6.45) is 2.46. The number of esters is 1. The van der Waals surface area contributed by atoms with Crippen molar-refractivity contribution in [3.05, 3.63) is 53.3 Å². The lowest BCUT2D eigenvalue weighted by Gasteiger charge is -2.32. The molecule has 1 heterocycles. The predicted octanol–water partition coefficient (Wildman–Crippen LogP) is 3.50. The molecule has 0 unspecified atom stereocenters. The van der Waals surface area contributed by atoms with E-state index >= 15 is 0 Å². The molecule has 1 aliphatic heterocycles. The van der Waals surface area contributed by atoms with Gasteiger partial charge in [0.15, 0.2) is 6.61 Å². The number of nitrogens with zero attached hydrogens (tertiary/aromatic N) is 1. The molecule has 1 saturated heterocycles. The smallest absolute Gasteiger partial charge is 0.338 e. The van der Waals surface area contributed by atoms with Crippen molar-refractivity contribution in [2.45, 2.75) is 44.0 Å². The summed E-state index contributed by atoms with van der Waals surface area (Å²) >= 11 is 0. The predicted molar refractivity (Wildman–Crippen MR) is 120 cm³/mol. The third-order valence-electron chi connectivity index (χ3n) is 5.52. The number of carbonyl (C=O) groups excluding carboxylic acids is 2. The van der Waals surface area contributed by atoms with Gasteiger partial charge in [0.25, 0.3) is 5.91 Å². The van der Waals surface area contributed by atoms with E-state index in [-0.39, 0.29) is 27.9 Å². The van der Waals surface area contributed by atoms with E-state index in [4.69, 9.17) is 9.47 Å². The largest absolute Gasteiger partial charge is 0.495 e. The number of amides is 1. The molecule has 178 valence electrons. The molecule has 0 bridgehead atoms.